The summed E-state index contributed by atoms with van der Waals surface area (Å²) in [6, 6.07) is 0. The van der Waals surface area contributed by atoms with Crippen molar-refractivity contribution in [3.63, 3.8) is 0 Å². The summed E-state index contributed by atoms with van der Waals surface area (Å²) in [5, 5.41) is 82.9. The van der Waals surface area contributed by atoms with Gasteiger partial charge < -0.3 is 79.2 Å². The second-order valence-electron chi connectivity index (χ2n) is 10.8. The van der Waals surface area contributed by atoms with Gasteiger partial charge in [-0.3, -0.25) is 0 Å². The molecule has 0 aliphatic heterocycles. The number of hydrogen-bond acceptors (Lipinski definition) is 16. The predicted octanol–water partition coefficient (Wildman–Crippen LogP) is -5.85. The molecule has 280 valence electrons. The van der Waals surface area contributed by atoms with Crippen LogP contribution >= 0.6 is 0 Å². The molecule has 0 aromatic rings. The van der Waals surface area contributed by atoms with Crippen molar-refractivity contribution in [2.75, 3.05) is 0 Å². The third-order valence-electron chi connectivity index (χ3n) is 8.11. The maximum atomic E-state index is 10.4. The maximum Gasteiger partial charge on any atom is 4.00 e. The summed E-state index contributed by atoms with van der Waals surface area (Å²) in [7, 11) is 0. The maximum absolute atomic E-state index is 10.4. The van der Waals surface area contributed by atoms with Crippen LogP contribution in [0.1, 0.15) is 107 Å². The van der Waals surface area contributed by atoms with Crippen LogP contribution in [0.3, 0.4) is 0 Å². The van der Waals surface area contributed by atoms with E-state index in [0.717, 1.165) is 0 Å². The molecule has 0 aliphatic carbocycles. The Kier molecular flexibility index (Phi) is 40.2. The normalized spacial score (nSPS) is 10.2. The van der Waals surface area contributed by atoms with Crippen molar-refractivity contribution >= 4 is 47.8 Å². The summed E-state index contributed by atoms with van der Waals surface area (Å²) in [4.78, 5) is 82.9. The van der Waals surface area contributed by atoms with E-state index in [2.05, 4.69) is 0 Å². The van der Waals surface area contributed by atoms with Crippen LogP contribution < -0.4 is 40.9 Å². The van der Waals surface area contributed by atoms with E-state index in [1.54, 1.807) is 55.4 Å². The number of carbonyl (C=O) groups excluding carboxylic acids is 8. The van der Waals surface area contributed by atoms with E-state index in [1.165, 1.54) is 0 Å². The topological polar surface area (TPSA) is 321 Å². The monoisotopic (exact) mass is 868 g/mol. The molecule has 0 aromatic carbocycles. The van der Waals surface area contributed by atoms with Crippen LogP contribution in [0.5, 0.6) is 0 Å². The quantitative estimate of drug-likeness (QED) is 0.103. The van der Waals surface area contributed by atoms with Gasteiger partial charge in [0, 0.05) is 23.7 Å². The molecule has 0 saturated heterocycles. The van der Waals surface area contributed by atoms with Gasteiger partial charge in [-0.2, -0.15) is 0 Å². The first-order valence-electron chi connectivity index (χ1n) is 15.8. The fourth-order valence-electron chi connectivity index (χ4n) is 4.96. The molecule has 0 amide bonds. The minimum Gasteiger partial charge on any atom is -0.549 e. The summed E-state index contributed by atoms with van der Waals surface area (Å²) < 4.78 is 0. The molecule has 0 atom stereocenters. The second kappa shape index (κ2) is 33.7. The summed E-state index contributed by atoms with van der Waals surface area (Å²) in [5.74, 6) is -19.9. The molecule has 0 fully saturated rings. The molecule has 0 radical (unpaired) electrons. The number of carboxylic acids is 8. The number of carbonyl (C=O) groups is 8. The zero-order valence-corrected chi connectivity index (χ0v) is 34.7. The Labute approximate surface area is 331 Å². The third kappa shape index (κ3) is 23.8. The standard InChI is InChI=1S/4C8H14O4.2Zr/c4*1-3-5(4-2)6(7(9)10)8(11)12;;/h4*5-6H,3-4H2,1-2H3,(H,9,10)(H,11,12);;/q;;;;2*+4/p-8. The third-order valence-corrected chi connectivity index (χ3v) is 8.11. The molecular formula is C32H48O16Zr2. The molecule has 50 heavy (non-hydrogen) atoms. The van der Waals surface area contributed by atoms with Gasteiger partial charge in [-0.05, 0) is 23.7 Å². The average molecular weight is 871 g/mol. The molecule has 0 rings (SSSR count). The van der Waals surface area contributed by atoms with Crippen LogP contribution in [-0.2, 0) is 90.8 Å². The molecular weight excluding hydrogens is 823 g/mol. The van der Waals surface area contributed by atoms with E-state index in [4.69, 9.17) is 0 Å². The Hall–Kier alpha value is -2.47. The number of carboxylic acid groups (broad SMARTS) is 8. The van der Waals surface area contributed by atoms with Crippen molar-refractivity contribution in [1.29, 1.82) is 0 Å². The number of hydrogen-bond donors (Lipinski definition) is 0. The fourth-order valence-corrected chi connectivity index (χ4v) is 4.96. The average Bonchev–Trinajstić information content (AvgIpc) is 2.98. The largest absolute Gasteiger partial charge is 4.00 e. The zero-order chi connectivity index (χ0) is 38.9. The zero-order valence-electron chi connectivity index (χ0n) is 29.8. The van der Waals surface area contributed by atoms with E-state index in [-0.39, 0.29) is 76.1 Å². The van der Waals surface area contributed by atoms with Crippen LogP contribution in [0.4, 0.5) is 0 Å². The summed E-state index contributed by atoms with van der Waals surface area (Å²) >= 11 is 0. The molecule has 0 spiro atoms. The van der Waals surface area contributed by atoms with E-state index in [1.807, 2.05) is 0 Å². The minimum atomic E-state index is -1.55. The first-order chi connectivity index (χ1) is 22.2. The molecule has 0 aromatic heterocycles. The van der Waals surface area contributed by atoms with Gasteiger partial charge in [-0.25, -0.2) is 0 Å². The van der Waals surface area contributed by atoms with Crippen molar-refractivity contribution in [1.82, 2.24) is 0 Å². The first kappa shape index (κ1) is 59.7. The van der Waals surface area contributed by atoms with Gasteiger partial charge in [0.15, 0.2) is 0 Å². The van der Waals surface area contributed by atoms with Gasteiger partial charge in [-0.15, -0.1) is 0 Å². The molecule has 18 heteroatoms. The van der Waals surface area contributed by atoms with Crippen molar-refractivity contribution in [2.45, 2.75) is 107 Å². The van der Waals surface area contributed by atoms with E-state index in [0.29, 0.717) is 51.4 Å². The van der Waals surface area contributed by atoms with Gasteiger partial charge in [0.05, 0.1) is 47.8 Å². The SMILES string of the molecule is CCC(CC)C(C(=O)[O-])C(=O)[O-].CCC(CC)C(C(=O)[O-])C(=O)[O-].CCC(CC)C(C(=O)[O-])C(=O)[O-].CCC(CC)C(C(=O)[O-])C(=O)[O-].[Zr+4].[Zr+4]. The smallest absolute Gasteiger partial charge is 0.549 e. The Bertz CT molecular complexity index is 804. The Morgan fingerprint density at radius 1 is 0.280 bits per heavy atom. The van der Waals surface area contributed by atoms with Gasteiger partial charge in [-0.1, -0.05) is 107 Å². The minimum absolute atomic E-state index is 0. The van der Waals surface area contributed by atoms with Crippen molar-refractivity contribution in [3.05, 3.63) is 0 Å². The molecule has 0 N–H and O–H groups in total. The van der Waals surface area contributed by atoms with Gasteiger partial charge >= 0.3 is 52.4 Å². The van der Waals surface area contributed by atoms with Gasteiger partial charge in [0.1, 0.15) is 0 Å². The molecule has 0 aliphatic rings. The number of rotatable bonds is 20. The molecule has 0 heterocycles. The Morgan fingerprint density at radius 2 is 0.360 bits per heavy atom. The summed E-state index contributed by atoms with van der Waals surface area (Å²) in [5.41, 5.74) is 0. The van der Waals surface area contributed by atoms with Gasteiger partial charge in [0.25, 0.3) is 0 Å². The van der Waals surface area contributed by atoms with Gasteiger partial charge in [0.2, 0.25) is 0 Å². The summed E-state index contributed by atoms with van der Waals surface area (Å²) in [6.07, 6.45) is 4.02. The molecule has 0 bridgehead atoms. The van der Waals surface area contributed by atoms with Crippen LogP contribution in [0.25, 0.3) is 0 Å². The first-order valence-corrected chi connectivity index (χ1v) is 15.8. The second-order valence-corrected chi connectivity index (χ2v) is 10.8. The van der Waals surface area contributed by atoms with Crippen molar-refractivity contribution < 1.29 is 132 Å². The molecule has 0 unspecified atom stereocenters. The van der Waals surface area contributed by atoms with Crippen LogP contribution in [-0.4, -0.2) is 47.8 Å². The summed E-state index contributed by atoms with van der Waals surface area (Å²) in [6.45, 7) is 13.9. The number of aliphatic carboxylic acids is 8. The van der Waals surface area contributed by atoms with Crippen LogP contribution in [0.2, 0.25) is 0 Å². The van der Waals surface area contributed by atoms with E-state index < -0.39 is 71.4 Å². The predicted molar refractivity (Wildman–Crippen MR) is 150 cm³/mol. The Balaban J connectivity index is -0.000000127. The molecule has 16 nitrogen and oxygen atoms in total. The van der Waals surface area contributed by atoms with Crippen molar-refractivity contribution in [3.8, 4) is 0 Å². The van der Waals surface area contributed by atoms with Crippen molar-refractivity contribution in [2.24, 2.45) is 47.3 Å². The van der Waals surface area contributed by atoms with E-state index in [9.17, 15) is 79.2 Å². The Morgan fingerprint density at radius 3 is 0.380 bits per heavy atom. The van der Waals surface area contributed by atoms with E-state index >= 15 is 0 Å². The fraction of sp³-hybridized carbons (Fsp3) is 0.750. The van der Waals surface area contributed by atoms with Crippen LogP contribution in [0.15, 0.2) is 0 Å². The molecule has 0 saturated carbocycles. The van der Waals surface area contributed by atoms with Crippen LogP contribution in [0, 0.1) is 47.3 Å².